The molecule has 0 amide bonds. The summed E-state index contributed by atoms with van der Waals surface area (Å²) in [5.41, 5.74) is -0.359. The van der Waals surface area contributed by atoms with E-state index in [9.17, 15) is 5.11 Å². The second kappa shape index (κ2) is 3.00. The van der Waals surface area contributed by atoms with Gasteiger partial charge in [-0.15, -0.1) is 0 Å². The van der Waals surface area contributed by atoms with E-state index < -0.39 is 0 Å². The van der Waals surface area contributed by atoms with Crippen molar-refractivity contribution < 1.29 is 5.11 Å². The number of rotatable bonds is 2. The van der Waals surface area contributed by atoms with Crippen LogP contribution in [0.2, 0.25) is 0 Å². The van der Waals surface area contributed by atoms with Crippen molar-refractivity contribution in [2.45, 2.75) is 38.2 Å². The van der Waals surface area contributed by atoms with Crippen LogP contribution in [0.1, 0.15) is 32.6 Å². The van der Waals surface area contributed by atoms with Crippen LogP contribution in [-0.2, 0) is 0 Å². The Labute approximate surface area is 74.4 Å². The molecule has 0 spiro atoms. The molecule has 12 heavy (non-hydrogen) atoms. The molecule has 0 aromatic heterocycles. The van der Waals surface area contributed by atoms with Crippen molar-refractivity contribution in [3.8, 4) is 0 Å². The van der Waals surface area contributed by atoms with E-state index in [4.69, 9.17) is 0 Å². The van der Waals surface area contributed by atoms with E-state index in [-0.39, 0.29) is 5.60 Å². The van der Waals surface area contributed by atoms with Crippen LogP contribution in [-0.4, -0.2) is 23.8 Å². The molecule has 1 unspecified atom stereocenters. The minimum absolute atomic E-state index is 0.359. The zero-order valence-electron chi connectivity index (χ0n) is 7.84. The molecule has 0 radical (unpaired) electrons. The molecule has 1 saturated carbocycles. The molecule has 0 bridgehead atoms. The first-order valence-electron chi connectivity index (χ1n) is 5.14. The highest BCUT2D eigenvalue weighted by Gasteiger charge is 2.45. The minimum atomic E-state index is -0.359. The molecule has 70 valence electrons. The van der Waals surface area contributed by atoms with Gasteiger partial charge in [0.15, 0.2) is 0 Å². The monoisotopic (exact) mass is 169 g/mol. The topological polar surface area (TPSA) is 32.3 Å². The van der Waals surface area contributed by atoms with Gasteiger partial charge in [-0.3, -0.25) is 0 Å². The van der Waals surface area contributed by atoms with Crippen LogP contribution < -0.4 is 5.32 Å². The van der Waals surface area contributed by atoms with E-state index in [1.54, 1.807) is 0 Å². The summed E-state index contributed by atoms with van der Waals surface area (Å²) >= 11 is 0. The third kappa shape index (κ3) is 1.50. The van der Waals surface area contributed by atoms with Gasteiger partial charge in [-0.05, 0) is 57.5 Å². The fraction of sp³-hybridized carbons (Fsp3) is 1.00. The van der Waals surface area contributed by atoms with Crippen LogP contribution in [0.5, 0.6) is 0 Å². The van der Waals surface area contributed by atoms with E-state index >= 15 is 0 Å². The zero-order valence-corrected chi connectivity index (χ0v) is 7.84. The molecule has 1 atom stereocenters. The lowest BCUT2D eigenvalue weighted by Crippen LogP contribution is -2.43. The molecule has 1 aliphatic carbocycles. The first kappa shape index (κ1) is 8.52. The van der Waals surface area contributed by atoms with Crippen molar-refractivity contribution in [1.82, 2.24) is 5.32 Å². The number of piperidine rings is 1. The first-order valence-corrected chi connectivity index (χ1v) is 5.14. The number of hydrogen-bond acceptors (Lipinski definition) is 2. The number of nitrogens with one attached hydrogen (secondary N) is 1. The molecule has 2 heteroatoms. The van der Waals surface area contributed by atoms with Crippen molar-refractivity contribution in [3.05, 3.63) is 0 Å². The van der Waals surface area contributed by atoms with E-state index in [1.165, 1.54) is 12.8 Å². The van der Waals surface area contributed by atoms with Crippen LogP contribution in [0.3, 0.4) is 0 Å². The fourth-order valence-corrected chi connectivity index (χ4v) is 2.41. The fourth-order valence-electron chi connectivity index (χ4n) is 2.41. The van der Waals surface area contributed by atoms with Gasteiger partial charge in [-0.1, -0.05) is 0 Å². The molecular formula is C10H19NO. The van der Waals surface area contributed by atoms with Crippen LogP contribution >= 0.6 is 0 Å². The largest absolute Gasteiger partial charge is 0.390 e. The Morgan fingerprint density at radius 3 is 2.08 bits per heavy atom. The maximum absolute atomic E-state index is 10.3. The average Bonchev–Trinajstić information content (AvgIpc) is 2.88. The highest BCUT2D eigenvalue weighted by atomic mass is 16.3. The second-order valence-corrected chi connectivity index (χ2v) is 4.52. The summed E-state index contributed by atoms with van der Waals surface area (Å²) in [5.74, 6) is 1.16. The summed E-state index contributed by atoms with van der Waals surface area (Å²) in [6.07, 6.45) is 4.81. The summed E-state index contributed by atoms with van der Waals surface area (Å²) in [4.78, 5) is 0. The van der Waals surface area contributed by atoms with Gasteiger partial charge < -0.3 is 10.4 Å². The lowest BCUT2D eigenvalue weighted by atomic mass is 9.79. The van der Waals surface area contributed by atoms with E-state index in [0.29, 0.717) is 11.8 Å². The molecule has 0 aromatic rings. The van der Waals surface area contributed by atoms with Gasteiger partial charge in [0.05, 0.1) is 5.60 Å². The predicted octanol–water partition coefficient (Wildman–Crippen LogP) is 1.15. The van der Waals surface area contributed by atoms with Crippen LogP contribution in [0, 0.1) is 11.8 Å². The van der Waals surface area contributed by atoms with Gasteiger partial charge in [0.2, 0.25) is 0 Å². The van der Waals surface area contributed by atoms with E-state index in [0.717, 1.165) is 25.9 Å². The highest BCUT2D eigenvalue weighted by molar-refractivity contribution is 4.97. The second-order valence-electron chi connectivity index (χ2n) is 4.52. The normalized spacial score (nSPS) is 31.5. The molecule has 1 aliphatic heterocycles. The Morgan fingerprint density at radius 2 is 1.58 bits per heavy atom. The lowest BCUT2D eigenvalue weighted by molar-refractivity contribution is -0.0331. The maximum Gasteiger partial charge on any atom is 0.0676 e. The number of hydrogen-bond donors (Lipinski definition) is 2. The quantitative estimate of drug-likeness (QED) is 0.650. The summed E-state index contributed by atoms with van der Waals surface area (Å²) in [6.45, 7) is 4.22. The molecule has 2 rings (SSSR count). The summed E-state index contributed by atoms with van der Waals surface area (Å²) in [7, 11) is 0. The van der Waals surface area contributed by atoms with Crippen molar-refractivity contribution in [2.24, 2.45) is 11.8 Å². The summed E-state index contributed by atoms with van der Waals surface area (Å²) < 4.78 is 0. The standard InChI is InChI=1S/C10H19NO/c1-10(12,8-2-3-8)9-4-6-11-7-5-9/h8-9,11-12H,2-7H2,1H3. The van der Waals surface area contributed by atoms with Crippen molar-refractivity contribution >= 4 is 0 Å². The van der Waals surface area contributed by atoms with Gasteiger partial charge in [0.25, 0.3) is 0 Å². The van der Waals surface area contributed by atoms with Crippen molar-refractivity contribution in [3.63, 3.8) is 0 Å². The molecule has 2 nitrogen and oxygen atoms in total. The zero-order chi connectivity index (χ0) is 8.60. The number of aliphatic hydroxyl groups is 1. The Balaban J connectivity index is 1.95. The van der Waals surface area contributed by atoms with Gasteiger partial charge in [-0.2, -0.15) is 0 Å². The first-order chi connectivity index (χ1) is 5.71. The molecule has 2 fully saturated rings. The van der Waals surface area contributed by atoms with Crippen LogP contribution in [0.25, 0.3) is 0 Å². The van der Waals surface area contributed by atoms with Crippen LogP contribution in [0.4, 0.5) is 0 Å². The predicted molar refractivity (Wildman–Crippen MR) is 48.9 cm³/mol. The molecule has 1 heterocycles. The Morgan fingerprint density at radius 1 is 1.08 bits per heavy atom. The Kier molecular flexibility index (Phi) is 2.13. The van der Waals surface area contributed by atoms with E-state index in [1.807, 2.05) is 6.92 Å². The Bertz CT molecular complexity index is 157. The smallest absolute Gasteiger partial charge is 0.0676 e. The summed E-state index contributed by atoms with van der Waals surface area (Å²) in [6, 6.07) is 0. The Hall–Kier alpha value is -0.0800. The van der Waals surface area contributed by atoms with E-state index in [2.05, 4.69) is 5.32 Å². The van der Waals surface area contributed by atoms with Crippen molar-refractivity contribution in [1.29, 1.82) is 0 Å². The third-order valence-corrected chi connectivity index (χ3v) is 3.57. The van der Waals surface area contributed by atoms with Gasteiger partial charge in [-0.25, -0.2) is 0 Å². The average molecular weight is 169 g/mol. The molecular weight excluding hydrogens is 150 g/mol. The van der Waals surface area contributed by atoms with Gasteiger partial charge in [0, 0.05) is 0 Å². The van der Waals surface area contributed by atoms with Crippen molar-refractivity contribution in [2.75, 3.05) is 13.1 Å². The minimum Gasteiger partial charge on any atom is -0.390 e. The van der Waals surface area contributed by atoms with Gasteiger partial charge in [0.1, 0.15) is 0 Å². The highest BCUT2D eigenvalue weighted by Crippen LogP contribution is 2.45. The van der Waals surface area contributed by atoms with Crippen LogP contribution in [0.15, 0.2) is 0 Å². The molecule has 1 saturated heterocycles. The maximum atomic E-state index is 10.3. The SMILES string of the molecule is CC(O)(C1CCNCC1)C1CC1. The third-order valence-electron chi connectivity index (χ3n) is 3.57. The molecule has 0 aromatic carbocycles. The summed E-state index contributed by atoms with van der Waals surface area (Å²) in [5, 5.41) is 13.6. The lowest BCUT2D eigenvalue weighted by Gasteiger charge is -2.36. The molecule has 2 N–H and O–H groups in total. The van der Waals surface area contributed by atoms with Gasteiger partial charge >= 0.3 is 0 Å². The molecule has 2 aliphatic rings.